The molecule has 1 aliphatic rings. The number of fused-ring (bicyclic) bond motifs is 1. The smallest absolute Gasteiger partial charge is 0.253 e. The third-order valence-electron chi connectivity index (χ3n) is 8.86. The van der Waals surface area contributed by atoms with Crippen molar-refractivity contribution in [2.45, 2.75) is 65.5 Å². The van der Waals surface area contributed by atoms with Crippen molar-refractivity contribution in [3.05, 3.63) is 59.8 Å². The highest BCUT2D eigenvalue weighted by atomic mass is 16.2. The van der Waals surface area contributed by atoms with Crippen molar-refractivity contribution in [3.63, 3.8) is 0 Å². The van der Waals surface area contributed by atoms with Crippen LogP contribution in [0.3, 0.4) is 0 Å². The van der Waals surface area contributed by atoms with Gasteiger partial charge in [0.15, 0.2) is 0 Å². The zero-order valence-corrected chi connectivity index (χ0v) is 30.1. The van der Waals surface area contributed by atoms with Crippen LogP contribution in [0.2, 0.25) is 0 Å². The van der Waals surface area contributed by atoms with E-state index in [4.69, 9.17) is 0 Å². The molecule has 0 fully saturated rings. The van der Waals surface area contributed by atoms with Crippen LogP contribution in [0.25, 0.3) is 10.9 Å². The van der Waals surface area contributed by atoms with Crippen LogP contribution in [-0.4, -0.2) is 102 Å². The van der Waals surface area contributed by atoms with Gasteiger partial charge in [0.2, 0.25) is 23.6 Å². The summed E-state index contributed by atoms with van der Waals surface area (Å²) in [7, 11) is 5.34. The highest BCUT2D eigenvalue weighted by Gasteiger charge is 2.41. The SMILES string of the molecule is CN[C@H](C(=O)NC(C(=O)N(C)C/C=C(\C)C(=O)NCCC(=O)NCCN1C(=O)C=CC1=O)C(C)(C)C)C(C)(C)c1cn(C)c2ccccc12. The Bertz CT molecular complexity index is 1630. The van der Waals surface area contributed by atoms with Gasteiger partial charge in [-0.05, 0) is 31.0 Å². The minimum atomic E-state index is -0.844. The fourth-order valence-electron chi connectivity index (χ4n) is 5.86. The number of amides is 6. The van der Waals surface area contributed by atoms with Crippen LogP contribution in [0.4, 0.5) is 0 Å². The third kappa shape index (κ3) is 9.44. The average Bonchev–Trinajstić information content (AvgIpc) is 3.55. The molecule has 1 aromatic carbocycles. The summed E-state index contributed by atoms with van der Waals surface area (Å²) < 4.78 is 2.05. The van der Waals surface area contributed by atoms with E-state index in [0.717, 1.165) is 21.4 Å². The van der Waals surface area contributed by atoms with Crippen molar-refractivity contribution in [2.75, 3.05) is 40.3 Å². The van der Waals surface area contributed by atoms with Crippen molar-refractivity contribution < 1.29 is 28.8 Å². The van der Waals surface area contributed by atoms with Crippen molar-refractivity contribution in [3.8, 4) is 0 Å². The number of carbonyl (C=O) groups excluding carboxylic acids is 6. The summed E-state index contributed by atoms with van der Waals surface area (Å²) >= 11 is 0. The molecule has 13 heteroatoms. The molecule has 1 aliphatic heterocycles. The van der Waals surface area contributed by atoms with Gasteiger partial charge in [0, 0.05) is 86.9 Å². The van der Waals surface area contributed by atoms with Crippen molar-refractivity contribution >= 4 is 46.3 Å². The molecule has 13 nitrogen and oxygen atoms in total. The summed E-state index contributed by atoms with van der Waals surface area (Å²) in [5.41, 5.74) is 1.20. The molecule has 1 aromatic heterocycles. The first-order chi connectivity index (χ1) is 22.9. The summed E-state index contributed by atoms with van der Waals surface area (Å²) in [4.78, 5) is 78.1. The maximum Gasteiger partial charge on any atom is 0.253 e. The number of nitrogens with one attached hydrogen (secondary N) is 4. The summed E-state index contributed by atoms with van der Waals surface area (Å²) in [5, 5.41) is 12.6. The lowest BCUT2D eigenvalue weighted by atomic mass is 9.76. The zero-order chi connectivity index (χ0) is 36.7. The Balaban J connectivity index is 1.56. The summed E-state index contributed by atoms with van der Waals surface area (Å²) in [5.74, 6) is -2.16. The second-order valence-corrected chi connectivity index (χ2v) is 14.0. The van der Waals surface area contributed by atoms with Gasteiger partial charge in [-0.3, -0.25) is 33.7 Å². The van der Waals surface area contributed by atoms with E-state index in [9.17, 15) is 28.8 Å². The molecule has 49 heavy (non-hydrogen) atoms. The van der Waals surface area contributed by atoms with Crippen LogP contribution in [0.15, 0.2) is 54.3 Å². The molecule has 0 saturated carbocycles. The number of hydrogen-bond donors (Lipinski definition) is 4. The van der Waals surface area contributed by atoms with E-state index in [0.29, 0.717) is 5.57 Å². The Labute approximate surface area is 288 Å². The lowest BCUT2D eigenvalue weighted by Gasteiger charge is -2.38. The lowest BCUT2D eigenvalue weighted by molar-refractivity contribution is -0.139. The van der Waals surface area contributed by atoms with Crippen molar-refractivity contribution in [1.82, 2.24) is 35.6 Å². The fourth-order valence-corrected chi connectivity index (χ4v) is 5.86. The second kappa shape index (κ2) is 16.1. The van der Waals surface area contributed by atoms with Gasteiger partial charge in [-0.25, -0.2) is 0 Å². The van der Waals surface area contributed by atoms with Gasteiger partial charge in [0.05, 0.1) is 6.04 Å². The Morgan fingerprint density at radius 3 is 2.18 bits per heavy atom. The van der Waals surface area contributed by atoms with Crippen LogP contribution in [-0.2, 0) is 41.2 Å². The highest BCUT2D eigenvalue weighted by molar-refractivity contribution is 6.12. The van der Waals surface area contributed by atoms with Gasteiger partial charge in [0.1, 0.15) is 6.04 Å². The number of benzene rings is 1. The van der Waals surface area contributed by atoms with Crippen LogP contribution in [0.5, 0.6) is 0 Å². The molecule has 2 aromatic rings. The third-order valence-corrected chi connectivity index (χ3v) is 8.86. The molecule has 0 saturated heterocycles. The van der Waals surface area contributed by atoms with Gasteiger partial charge in [0.25, 0.3) is 11.8 Å². The number of likely N-dealkylation sites (N-methyl/N-ethyl adjacent to an activating group) is 2. The fraction of sp³-hybridized carbons (Fsp3) is 0.500. The number of aryl methyl sites for hydroxylation is 1. The Morgan fingerprint density at radius 2 is 1.57 bits per heavy atom. The Hall–Kier alpha value is -4.78. The van der Waals surface area contributed by atoms with Gasteiger partial charge in [-0.15, -0.1) is 0 Å². The molecular weight excluding hydrogens is 626 g/mol. The van der Waals surface area contributed by atoms with Gasteiger partial charge in [-0.2, -0.15) is 0 Å². The summed E-state index contributed by atoms with van der Waals surface area (Å²) in [6.07, 6.45) is 6.03. The molecule has 2 heterocycles. The van der Waals surface area contributed by atoms with Crippen LogP contribution in [0, 0.1) is 5.41 Å². The van der Waals surface area contributed by atoms with Crippen LogP contribution >= 0.6 is 0 Å². The van der Waals surface area contributed by atoms with Gasteiger partial charge >= 0.3 is 0 Å². The molecule has 3 rings (SSSR count). The average molecular weight is 678 g/mol. The number of rotatable bonds is 15. The molecule has 0 radical (unpaired) electrons. The van der Waals surface area contributed by atoms with E-state index in [1.807, 2.05) is 76.7 Å². The highest BCUT2D eigenvalue weighted by Crippen LogP contribution is 2.35. The van der Waals surface area contributed by atoms with Gasteiger partial charge < -0.3 is 30.7 Å². The topological polar surface area (TPSA) is 162 Å². The van der Waals surface area contributed by atoms with Crippen molar-refractivity contribution in [1.29, 1.82) is 0 Å². The minimum absolute atomic E-state index is 0.00935. The molecule has 0 aliphatic carbocycles. The maximum absolute atomic E-state index is 13.9. The molecule has 266 valence electrons. The Morgan fingerprint density at radius 1 is 0.939 bits per heavy atom. The van der Waals surface area contributed by atoms with Crippen molar-refractivity contribution in [2.24, 2.45) is 12.5 Å². The maximum atomic E-state index is 13.9. The second-order valence-electron chi connectivity index (χ2n) is 14.0. The largest absolute Gasteiger partial charge is 0.354 e. The predicted octanol–water partition coefficient (Wildman–Crippen LogP) is 1.53. The predicted molar refractivity (Wildman–Crippen MR) is 188 cm³/mol. The van der Waals surface area contributed by atoms with E-state index in [1.54, 1.807) is 27.1 Å². The van der Waals surface area contributed by atoms with Crippen LogP contribution in [0.1, 0.15) is 53.5 Å². The first kappa shape index (κ1) is 38.7. The van der Waals surface area contributed by atoms with E-state index in [2.05, 4.69) is 21.3 Å². The molecule has 0 spiro atoms. The van der Waals surface area contributed by atoms with E-state index in [1.165, 1.54) is 17.1 Å². The first-order valence-corrected chi connectivity index (χ1v) is 16.4. The quantitative estimate of drug-likeness (QED) is 0.164. The molecule has 6 amide bonds. The molecular formula is C36H51N7O6. The standard InChI is InChI=1S/C36H51N7O6/c1-23(32(47)39-18-16-27(44)38-19-21-43-28(45)14-15-29(43)46)17-20-41(8)34(49)31(35(2,3)4)40-33(48)30(37-7)36(5,6)25-22-42(9)26-13-11-10-12-24(25)26/h10-15,17,22,30-31,37H,16,18-21H2,1-9H3,(H,38,44)(H,39,47)(H,40,48)/b23-17+/t30-,31?/m1/s1. The lowest BCUT2D eigenvalue weighted by Crippen LogP contribution is -2.60. The first-order valence-electron chi connectivity index (χ1n) is 16.4. The monoisotopic (exact) mass is 677 g/mol. The van der Waals surface area contributed by atoms with E-state index in [-0.39, 0.29) is 56.2 Å². The minimum Gasteiger partial charge on any atom is -0.354 e. The van der Waals surface area contributed by atoms with E-state index < -0.39 is 34.7 Å². The summed E-state index contributed by atoms with van der Waals surface area (Å²) in [6, 6.07) is 6.56. The van der Waals surface area contributed by atoms with Gasteiger partial charge in [-0.1, -0.05) is 58.9 Å². The number of hydrogen-bond acceptors (Lipinski definition) is 7. The molecule has 4 N–H and O–H groups in total. The number of imide groups is 1. The van der Waals surface area contributed by atoms with Crippen LogP contribution < -0.4 is 21.3 Å². The normalized spacial score (nSPS) is 15.0. The number of aromatic nitrogens is 1. The number of para-hydroxylation sites is 1. The number of carbonyl (C=O) groups is 6. The summed E-state index contributed by atoms with van der Waals surface area (Å²) in [6.45, 7) is 11.7. The zero-order valence-electron chi connectivity index (χ0n) is 30.1. The molecule has 0 bridgehead atoms. The Kier molecular flexibility index (Phi) is 12.7. The molecule has 2 atom stereocenters. The molecule has 1 unspecified atom stereocenters. The van der Waals surface area contributed by atoms with E-state index >= 15 is 0 Å². The number of nitrogens with zero attached hydrogens (tertiary/aromatic N) is 3.